The Morgan fingerprint density at radius 2 is 2.04 bits per heavy atom. The van der Waals surface area contributed by atoms with Crippen LogP contribution in [0.4, 0.5) is 0 Å². The van der Waals surface area contributed by atoms with Crippen molar-refractivity contribution in [2.75, 3.05) is 25.7 Å². The molecule has 27 heavy (non-hydrogen) atoms. The highest BCUT2D eigenvalue weighted by Gasteiger charge is 2.30. The third kappa shape index (κ3) is 4.76. The Morgan fingerprint density at radius 1 is 1.26 bits per heavy atom. The molecule has 10 heteroatoms. The first-order valence-corrected chi connectivity index (χ1v) is 10.1. The second kappa shape index (κ2) is 7.95. The number of sulfone groups is 1. The fourth-order valence-corrected chi connectivity index (χ4v) is 4.74. The molecule has 0 aliphatic carbocycles. The van der Waals surface area contributed by atoms with E-state index in [1.165, 1.54) is 7.11 Å². The maximum atomic E-state index is 11.9. The third-order valence-corrected chi connectivity index (χ3v) is 6.09. The van der Waals surface area contributed by atoms with E-state index in [0.29, 0.717) is 29.3 Å². The van der Waals surface area contributed by atoms with Gasteiger partial charge in [-0.1, -0.05) is 5.16 Å². The second-order valence-electron chi connectivity index (χ2n) is 6.22. The summed E-state index contributed by atoms with van der Waals surface area (Å²) in [5.41, 5.74) is 0.658. The molecule has 2 heterocycles. The predicted octanol–water partition coefficient (Wildman–Crippen LogP) is 1.62. The normalized spacial score (nSPS) is 18.2. The summed E-state index contributed by atoms with van der Waals surface area (Å²) < 4.78 is 43.5. The second-order valence-corrected chi connectivity index (χ2v) is 8.44. The molecule has 9 nitrogen and oxygen atoms in total. The zero-order valence-corrected chi connectivity index (χ0v) is 15.8. The summed E-state index contributed by atoms with van der Waals surface area (Å²) in [7, 11) is 0.0529. The van der Waals surface area contributed by atoms with Crippen LogP contribution in [-0.4, -0.2) is 50.3 Å². The Balaban J connectivity index is 1.57. The van der Waals surface area contributed by atoms with Crippen LogP contribution in [-0.2, 0) is 26.0 Å². The lowest BCUT2D eigenvalue weighted by Gasteiger charge is -2.07. The third-order valence-electron chi connectivity index (χ3n) is 4.25. The minimum Gasteiger partial charge on any atom is -0.493 e. The largest absolute Gasteiger partial charge is 0.493 e. The molecule has 1 aromatic heterocycles. The molecule has 1 atom stereocenters. The summed E-state index contributed by atoms with van der Waals surface area (Å²) in [5, 5.41) is 3.86. The van der Waals surface area contributed by atoms with Crippen LogP contribution < -0.4 is 9.47 Å². The van der Waals surface area contributed by atoms with Gasteiger partial charge in [-0.2, -0.15) is 4.98 Å². The van der Waals surface area contributed by atoms with Crippen molar-refractivity contribution in [1.29, 1.82) is 0 Å². The van der Waals surface area contributed by atoms with Crippen LogP contribution in [0.2, 0.25) is 0 Å². The molecular formula is C17H20N2O7S. The van der Waals surface area contributed by atoms with Crippen LogP contribution in [0, 0.1) is 5.92 Å². The van der Waals surface area contributed by atoms with E-state index in [1.807, 2.05) is 0 Å². The molecule has 0 amide bonds. The van der Waals surface area contributed by atoms with Crippen molar-refractivity contribution in [1.82, 2.24) is 10.1 Å². The first-order valence-electron chi connectivity index (χ1n) is 8.31. The number of carbonyl (C=O) groups excluding carboxylic acids is 1. The van der Waals surface area contributed by atoms with Crippen molar-refractivity contribution in [2.24, 2.45) is 5.92 Å². The standard InChI is InChI=1S/C17H20N2O7S/c1-23-13-4-3-12(8-14(13)24-2)17-18-15(26-19-17)9-25-16(20)7-11-5-6-27(21,22)10-11/h3-4,8,11H,5-7,9-10H2,1-2H3/t11-/m0/s1. The van der Waals surface area contributed by atoms with Gasteiger partial charge >= 0.3 is 5.97 Å². The van der Waals surface area contributed by atoms with Gasteiger partial charge in [0.1, 0.15) is 0 Å². The summed E-state index contributed by atoms with van der Waals surface area (Å²) in [6.07, 6.45) is 0.553. The molecule has 2 aromatic rings. The lowest BCUT2D eigenvalue weighted by Crippen LogP contribution is -2.13. The zero-order valence-electron chi connectivity index (χ0n) is 15.0. The highest BCUT2D eigenvalue weighted by molar-refractivity contribution is 7.91. The molecule has 3 rings (SSSR count). The van der Waals surface area contributed by atoms with Crippen LogP contribution >= 0.6 is 0 Å². The molecule has 1 aliphatic rings. The Morgan fingerprint density at radius 3 is 2.70 bits per heavy atom. The fourth-order valence-electron chi connectivity index (χ4n) is 2.88. The number of aromatic nitrogens is 2. The van der Waals surface area contributed by atoms with Gasteiger partial charge in [-0.3, -0.25) is 4.79 Å². The van der Waals surface area contributed by atoms with E-state index in [2.05, 4.69) is 10.1 Å². The highest BCUT2D eigenvalue weighted by atomic mass is 32.2. The van der Waals surface area contributed by atoms with Crippen molar-refractivity contribution < 1.29 is 31.9 Å². The number of rotatable bonds is 7. The van der Waals surface area contributed by atoms with Crippen LogP contribution in [0.25, 0.3) is 11.4 Å². The zero-order chi connectivity index (χ0) is 19.4. The average Bonchev–Trinajstić information content (AvgIpc) is 3.25. The van der Waals surface area contributed by atoms with E-state index >= 15 is 0 Å². The van der Waals surface area contributed by atoms with E-state index < -0.39 is 15.8 Å². The molecule has 0 spiro atoms. The number of ether oxygens (including phenoxy) is 3. The van der Waals surface area contributed by atoms with E-state index in [9.17, 15) is 13.2 Å². The van der Waals surface area contributed by atoms with E-state index in [1.54, 1.807) is 25.3 Å². The Hall–Kier alpha value is -2.62. The quantitative estimate of drug-likeness (QED) is 0.643. The molecule has 1 saturated heterocycles. The van der Waals surface area contributed by atoms with Gasteiger partial charge in [0.15, 0.2) is 27.9 Å². The Bertz CT molecular complexity index is 923. The van der Waals surface area contributed by atoms with Crippen molar-refractivity contribution in [3.63, 3.8) is 0 Å². The Kier molecular flexibility index (Phi) is 5.64. The van der Waals surface area contributed by atoms with Crippen LogP contribution in [0.1, 0.15) is 18.7 Å². The van der Waals surface area contributed by atoms with Crippen molar-refractivity contribution >= 4 is 15.8 Å². The fraction of sp³-hybridized carbons (Fsp3) is 0.471. The van der Waals surface area contributed by atoms with Gasteiger partial charge < -0.3 is 18.7 Å². The number of esters is 1. The molecular weight excluding hydrogens is 376 g/mol. The van der Waals surface area contributed by atoms with Crippen LogP contribution in [0.5, 0.6) is 11.5 Å². The SMILES string of the molecule is COc1ccc(-c2noc(COC(=O)C[C@@H]3CCS(=O)(=O)C3)n2)cc1OC. The van der Waals surface area contributed by atoms with Crippen LogP contribution in [0.15, 0.2) is 22.7 Å². The molecule has 146 valence electrons. The highest BCUT2D eigenvalue weighted by Crippen LogP contribution is 2.31. The first-order chi connectivity index (χ1) is 12.9. The van der Waals surface area contributed by atoms with Gasteiger partial charge in [0.25, 0.3) is 5.89 Å². The van der Waals surface area contributed by atoms with Gasteiger partial charge in [0, 0.05) is 12.0 Å². The van der Waals surface area contributed by atoms with E-state index in [4.69, 9.17) is 18.7 Å². The maximum absolute atomic E-state index is 11.9. The minimum atomic E-state index is -3.01. The first kappa shape index (κ1) is 19.2. The van der Waals surface area contributed by atoms with Gasteiger partial charge in [-0.25, -0.2) is 8.42 Å². The lowest BCUT2D eigenvalue weighted by atomic mass is 10.1. The van der Waals surface area contributed by atoms with Crippen molar-refractivity contribution in [3.05, 3.63) is 24.1 Å². The molecule has 0 N–H and O–H groups in total. The monoisotopic (exact) mass is 396 g/mol. The number of benzene rings is 1. The maximum Gasteiger partial charge on any atom is 0.306 e. The summed E-state index contributed by atoms with van der Waals surface area (Å²) in [6, 6.07) is 5.18. The number of carbonyl (C=O) groups is 1. The summed E-state index contributed by atoms with van der Waals surface area (Å²) in [6.45, 7) is -0.168. The average molecular weight is 396 g/mol. The molecule has 0 unspecified atom stereocenters. The summed E-state index contributed by atoms with van der Waals surface area (Å²) in [4.78, 5) is 16.1. The molecule has 0 radical (unpaired) electrons. The van der Waals surface area contributed by atoms with E-state index in [-0.39, 0.29) is 36.3 Å². The molecule has 0 bridgehead atoms. The lowest BCUT2D eigenvalue weighted by molar-refractivity contribution is -0.146. The summed E-state index contributed by atoms with van der Waals surface area (Å²) >= 11 is 0. The van der Waals surface area contributed by atoms with E-state index in [0.717, 1.165) is 0 Å². The van der Waals surface area contributed by atoms with Crippen molar-refractivity contribution in [3.8, 4) is 22.9 Å². The number of nitrogens with zero attached hydrogens (tertiary/aromatic N) is 2. The summed E-state index contributed by atoms with van der Waals surface area (Å²) in [5.74, 6) is 1.06. The molecule has 1 fully saturated rings. The number of hydrogen-bond donors (Lipinski definition) is 0. The predicted molar refractivity (Wildman–Crippen MR) is 94.0 cm³/mol. The van der Waals surface area contributed by atoms with Gasteiger partial charge in [0.2, 0.25) is 5.82 Å². The van der Waals surface area contributed by atoms with Crippen LogP contribution in [0.3, 0.4) is 0 Å². The number of hydrogen-bond acceptors (Lipinski definition) is 9. The van der Waals surface area contributed by atoms with Gasteiger partial charge in [0.05, 0.1) is 25.7 Å². The molecule has 1 aromatic carbocycles. The Labute approximate surface area is 156 Å². The topological polar surface area (TPSA) is 118 Å². The number of methoxy groups -OCH3 is 2. The minimum absolute atomic E-state index is 0.0338. The molecule has 1 aliphatic heterocycles. The van der Waals surface area contributed by atoms with Crippen molar-refractivity contribution in [2.45, 2.75) is 19.4 Å². The smallest absolute Gasteiger partial charge is 0.306 e. The van der Waals surface area contributed by atoms with Gasteiger partial charge in [-0.05, 0) is 30.5 Å². The van der Waals surface area contributed by atoms with Gasteiger partial charge in [-0.15, -0.1) is 0 Å². The molecule has 0 saturated carbocycles.